The van der Waals surface area contributed by atoms with Gasteiger partial charge in [-0.05, 0) is 25.5 Å². The van der Waals surface area contributed by atoms with E-state index in [2.05, 4.69) is 0 Å². The molecule has 0 radical (unpaired) electrons. The minimum absolute atomic E-state index is 0.0309. The molecule has 0 unspecified atom stereocenters. The van der Waals surface area contributed by atoms with Crippen LogP contribution < -0.4 is 0 Å². The number of ether oxygens (including phenoxy) is 2. The molecule has 1 atom stereocenters. The third kappa shape index (κ3) is 4.61. The Bertz CT molecular complexity index is 349. The normalized spacial score (nSPS) is 11.9. The number of furan rings is 1. The summed E-state index contributed by atoms with van der Waals surface area (Å²) in [6, 6.07) is 3.35. The highest BCUT2D eigenvalue weighted by molar-refractivity contribution is 5.72. The molecule has 0 aliphatic heterocycles. The zero-order chi connectivity index (χ0) is 13.4. The van der Waals surface area contributed by atoms with E-state index in [4.69, 9.17) is 13.9 Å². The molecular weight excluding hydrogens is 236 g/mol. The number of esters is 2. The molecule has 0 amide bonds. The van der Waals surface area contributed by atoms with Crippen molar-refractivity contribution in [3.63, 3.8) is 0 Å². The van der Waals surface area contributed by atoms with E-state index in [9.17, 15) is 9.59 Å². The van der Waals surface area contributed by atoms with Crippen LogP contribution in [0.3, 0.4) is 0 Å². The fourth-order valence-electron chi connectivity index (χ4n) is 1.47. The van der Waals surface area contributed by atoms with E-state index in [1.54, 1.807) is 19.1 Å². The van der Waals surface area contributed by atoms with E-state index in [-0.39, 0.29) is 12.4 Å². The fourth-order valence-corrected chi connectivity index (χ4v) is 1.47. The molecule has 5 heteroatoms. The summed E-state index contributed by atoms with van der Waals surface area (Å²) in [5, 5.41) is 0. The van der Waals surface area contributed by atoms with Crippen molar-refractivity contribution in [3.8, 4) is 0 Å². The fraction of sp³-hybridized carbons (Fsp3) is 0.538. The Kier molecular flexibility index (Phi) is 5.97. The van der Waals surface area contributed by atoms with E-state index in [0.29, 0.717) is 25.2 Å². The second kappa shape index (κ2) is 7.53. The highest BCUT2D eigenvalue weighted by Gasteiger charge is 2.23. The van der Waals surface area contributed by atoms with Crippen molar-refractivity contribution in [2.75, 3.05) is 6.61 Å². The SMILES string of the molecule is CCCC(=O)O[C@@H](CC(=O)OCC)c1ccco1. The van der Waals surface area contributed by atoms with Crippen molar-refractivity contribution in [1.82, 2.24) is 0 Å². The molecule has 0 spiro atoms. The molecule has 0 aliphatic rings. The van der Waals surface area contributed by atoms with Crippen LogP contribution in [0.1, 0.15) is 45.0 Å². The van der Waals surface area contributed by atoms with Gasteiger partial charge in [-0.2, -0.15) is 0 Å². The molecule has 0 saturated carbocycles. The molecule has 1 heterocycles. The van der Waals surface area contributed by atoms with Crippen LogP contribution in [0.4, 0.5) is 0 Å². The van der Waals surface area contributed by atoms with Crippen LogP contribution in [0.5, 0.6) is 0 Å². The van der Waals surface area contributed by atoms with Crippen molar-refractivity contribution in [1.29, 1.82) is 0 Å². The molecule has 0 saturated heterocycles. The van der Waals surface area contributed by atoms with Gasteiger partial charge in [-0.15, -0.1) is 0 Å². The highest BCUT2D eigenvalue weighted by Crippen LogP contribution is 2.23. The van der Waals surface area contributed by atoms with Crippen LogP contribution in [-0.2, 0) is 19.1 Å². The first-order valence-corrected chi connectivity index (χ1v) is 6.05. The standard InChI is InChI=1S/C13H18O5/c1-3-6-12(14)18-11(9-13(15)16-4-2)10-7-5-8-17-10/h5,7-8,11H,3-4,6,9H2,1-2H3/t11-/m0/s1. The largest absolute Gasteiger partial charge is 0.466 e. The third-order valence-corrected chi connectivity index (χ3v) is 2.25. The number of rotatable bonds is 7. The lowest BCUT2D eigenvalue weighted by molar-refractivity contribution is -0.156. The second-order valence-electron chi connectivity index (χ2n) is 3.75. The molecule has 1 aromatic heterocycles. The van der Waals surface area contributed by atoms with Crippen LogP contribution in [-0.4, -0.2) is 18.5 Å². The maximum atomic E-state index is 11.5. The summed E-state index contributed by atoms with van der Waals surface area (Å²) in [6.07, 6.45) is 1.75. The van der Waals surface area contributed by atoms with Crippen molar-refractivity contribution < 1.29 is 23.5 Å². The minimum atomic E-state index is -0.710. The third-order valence-electron chi connectivity index (χ3n) is 2.25. The molecule has 0 fully saturated rings. The lowest BCUT2D eigenvalue weighted by Gasteiger charge is -2.14. The van der Waals surface area contributed by atoms with Gasteiger partial charge in [0.2, 0.25) is 0 Å². The van der Waals surface area contributed by atoms with Gasteiger partial charge in [0, 0.05) is 6.42 Å². The molecule has 0 bridgehead atoms. The lowest BCUT2D eigenvalue weighted by Crippen LogP contribution is -2.16. The molecule has 100 valence electrons. The number of carbonyl (C=O) groups excluding carboxylic acids is 2. The number of hydrogen-bond donors (Lipinski definition) is 0. The Labute approximate surface area is 106 Å². The van der Waals surface area contributed by atoms with Crippen molar-refractivity contribution in [3.05, 3.63) is 24.2 Å². The van der Waals surface area contributed by atoms with Crippen molar-refractivity contribution in [2.45, 2.75) is 39.2 Å². The Morgan fingerprint density at radius 3 is 2.67 bits per heavy atom. The highest BCUT2D eigenvalue weighted by atomic mass is 16.6. The molecule has 18 heavy (non-hydrogen) atoms. The summed E-state index contributed by atoms with van der Waals surface area (Å²) in [7, 11) is 0. The lowest BCUT2D eigenvalue weighted by atomic mass is 10.2. The van der Waals surface area contributed by atoms with Crippen molar-refractivity contribution in [2.24, 2.45) is 0 Å². The predicted molar refractivity (Wildman–Crippen MR) is 63.7 cm³/mol. The van der Waals surface area contributed by atoms with E-state index < -0.39 is 12.1 Å². The maximum absolute atomic E-state index is 11.5. The van der Waals surface area contributed by atoms with Gasteiger partial charge in [-0.1, -0.05) is 6.92 Å². The molecule has 0 N–H and O–H groups in total. The van der Waals surface area contributed by atoms with E-state index in [0.717, 1.165) is 0 Å². The van der Waals surface area contributed by atoms with Gasteiger partial charge >= 0.3 is 11.9 Å². The van der Waals surface area contributed by atoms with Crippen LogP contribution in [0.25, 0.3) is 0 Å². The van der Waals surface area contributed by atoms with Crippen LogP contribution in [0.2, 0.25) is 0 Å². The average molecular weight is 254 g/mol. The smallest absolute Gasteiger partial charge is 0.310 e. The Hall–Kier alpha value is -1.78. The second-order valence-corrected chi connectivity index (χ2v) is 3.75. The van der Waals surface area contributed by atoms with Gasteiger partial charge in [0.25, 0.3) is 0 Å². The number of hydrogen-bond acceptors (Lipinski definition) is 5. The van der Waals surface area contributed by atoms with Crippen molar-refractivity contribution >= 4 is 11.9 Å². The van der Waals surface area contributed by atoms with E-state index >= 15 is 0 Å². The minimum Gasteiger partial charge on any atom is -0.466 e. The summed E-state index contributed by atoms with van der Waals surface area (Å²) in [5.41, 5.74) is 0. The summed E-state index contributed by atoms with van der Waals surface area (Å²) in [6.45, 7) is 3.91. The molecular formula is C13H18O5. The zero-order valence-corrected chi connectivity index (χ0v) is 10.7. The van der Waals surface area contributed by atoms with Crippen LogP contribution in [0, 0.1) is 0 Å². The topological polar surface area (TPSA) is 65.7 Å². The Morgan fingerprint density at radius 2 is 2.11 bits per heavy atom. The van der Waals surface area contributed by atoms with Gasteiger partial charge in [0.15, 0.2) is 6.10 Å². The molecule has 0 aliphatic carbocycles. The van der Waals surface area contributed by atoms with Gasteiger partial charge in [-0.25, -0.2) is 0 Å². The van der Waals surface area contributed by atoms with E-state index in [1.165, 1.54) is 6.26 Å². The van der Waals surface area contributed by atoms with E-state index in [1.807, 2.05) is 6.92 Å². The number of carbonyl (C=O) groups is 2. The van der Waals surface area contributed by atoms with Crippen LogP contribution in [0.15, 0.2) is 22.8 Å². The zero-order valence-electron chi connectivity index (χ0n) is 10.7. The maximum Gasteiger partial charge on any atom is 0.310 e. The van der Waals surface area contributed by atoms with Gasteiger partial charge < -0.3 is 13.9 Å². The van der Waals surface area contributed by atoms with Crippen LogP contribution >= 0.6 is 0 Å². The first-order valence-electron chi connectivity index (χ1n) is 6.05. The first-order chi connectivity index (χ1) is 8.67. The van der Waals surface area contributed by atoms with Gasteiger partial charge in [-0.3, -0.25) is 9.59 Å². The quantitative estimate of drug-likeness (QED) is 0.700. The summed E-state index contributed by atoms with van der Waals surface area (Å²) in [4.78, 5) is 22.9. The summed E-state index contributed by atoms with van der Waals surface area (Å²) >= 11 is 0. The predicted octanol–water partition coefficient (Wildman–Crippen LogP) is 2.62. The Morgan fingerprint density at radius 1 is 1.33 bits per heavy atom. The van der Waals surface area contributed by atoms with Gasteiger partial charge in [0.1, 0.15) is 5.76 Å². The summed E-state index contributed by atoms with van der Waals surface area (Å²) in [5.74, 6) is -0.307. The van der Waals surface area contributed by atoms with Gasteiger partial charge in [0.05, 0.1) is 19.3 Å². The monoisotopic (exact) mass is 254 g/mol. The molecule has 1 rings (SSSR count). The molecule has 5 nitrogen and oxygen atoms in total. The molecule has 1 aromatic rings. The summed E-state index contributed by atoms with van der Waals surface area (Å²) < 4.78 is 15.2. The molecule has 0 aromatic carbocycles. The average Bonchev–Trinajstić information content (AvgIpc) is 2.82. The Balaban J connectivity index is 2.64. The first kappa shape index (κ1) is 14.3.